The minimum absolute atomic E-state index is 0.0520. The zero-order valence-corrected chi connectivity index (χ0v) is 16.6. The normalized spacial score (nSPS) is 18.0. The van der Waals surface area contributed by atoms with E-state index in [1.54, 1.807) is 12.1 Å². The van der Waals surface area contributed by atoms with Gasteiger partial charge in [0.2, 0.25) is 0 Å². The summed E-state index contributed by atoms with van der Waals surface area (Å²) in [4.78, 5) is 0.220. The average molecular weight is 388 g/mol. The molecule has 144 valence electrons. The molecule has 0 aliphatic carbocycles. The molecule has 0 unspecified atom stereocenters. The van der Waals surface area contributed by atoms with Gasteiger partial charge in [-0.15, -0.1) is 0 Å². The smallest absolute Gasteiger partial charge is 0.264 e. The highest BCUT2D eigenvalue weighted by atomic mass is 32.2. The second kappa shape index (κ2) is 7.37. The first kappa shape index (κ1) is 19.5. The van der Waals surface area contributed by atoms with Gasteiger partial charge in [-0.3, -0.25) is 4.31 Å². The first-order valence-corrected chi connectivity index (χ1v) is 10.3. The summed E-state index contributed by atoms with van der Waals surface area (Å²) in [7, 11) is -3.74. The van der Waals surface area contributed by atoms with Gasteiger partial charge in [-0.1, -0.05) is 63.2 Å². The van der Waals surface area contributed by atoms with Gasteiger partial charge in [-0.05, 0) is 23.1 Å². The predicted octanol–water partition coefficient (Wildman–Crippen LogP) is 3.36. The largest absolute Gasteiger partial charge is 0.484 e. The summed E-state index contributed by atoms with van der Waals surface area (Å²) in [6.07, 6.45) is 0.878. The number of aliphatic hydroxyl groups is 1. The Bertz CT molecular complexity index is 913. The molecule has 5 nitrogen and oxygen atoms in total. The zero-order valence-electron chi connectivity index (χ0n) is 15.8. The number of aliphatic hydroxyl groups excluding tert-OH is 1. The molecule has 0 spiro atoms. The van der Waals surface area contributed by atoms with Crippen molar-refractivity contribution in [2.24, 2.45) is 0 Å². The number of nitrogens with zero attached hydrogens (tertiary/aromatic N) is 1. The number of benzene rings is 2. The van der Waals surface area contributed by atoms with Crippen molar-refractivity contribution >= 4 is 15.8 Å². The fraction of sp³-hybridized carbons (Fsp3) is 0.333. The monoisotopic (exact) mass is 387 g/mol. The molecule has 1 aliphatic rings. The predicted molar refractivity (Wildman–Crippen MR) is 105 cm³/mol. The third-order valence-electron chi connectivity index (χ3n) is 4.53. The van der Waals surface area contributed by atoms with Gasteiger partial charge in [0.1, 0.15) is 11.9 Å². The molecule has 0 amide bonds. The second-order valence-electron chi connectivity index (χ2n) is 7.63. The molecule has 3 rings (SSSR count). The Morgan fingerprint density at radius 1 is 1.07 bits per heavy atom. The molecular weight excluding hydrogens is 362 g/mol. The van der Waals surface area contributed by atoms with Crippen LogP contribution in [0.2, 0.25) is 0 Å². The van der Waals surface area contributed by atoms with Gasteiger partial charge in [0.15, 0.2) is 0 Å². The summed E-state index contributed by atoms with van der Waals surface area (Å²) in [5.41, 5.74) is 1.78. The van der Waals surface area contributed by atoms with Crippen molar-refractivity contribution < 1.29 is 18.3 Å². The van der Waals surface area contributed by atoms with Crippen LogP contribution in [0.3, 0.4) is 0 Å². The maximum atomic E-state index is 13.1. The molecule has 2 aromatic rings. The van der Waals surface area contributed by atoms with E-state index >= 15 is 0 Å². The molecule has 1 atom stereocenters. The Labute approximate surface area is 161 Å². The third-order valence-corrected chi connectivity index (χ3v) is 6.27. The quantitative estimate of drug-likeness (QED) is 0.874. The third kappa shape index (κ3) is 4.17. The van der Waals surface area contributed by atoms with Crippen LogP contribution in [0, 0.1) is 0 Å². The van der Waals surface area contributed by atoms with Crippen molar-refractivity contribution in [3.05, 3.63) is 71.9 Å². The van der Waals surface area contributed by atoms with Crippen LogP contribution in [0.5, 0.6) is 0 Å². The van der Waals surface area contributed by atoms with Gasteiger partial charge in [-0.2, -0.15) is 0 Å². The Balaban J connectivity index is 1.97. The summed E-state index contributed by atoms with van der Waals surface area (Å²) < 4.78 is 33.3. The van der Waals surface area contributed by atoms with Crippen LogP contribution in [0.25, 0.3) is 5.76 Å². The lowest BCUT2D eigenvalue weighted by molar-refractivity contribution is 0.0700. The number of hydrogen-bond donors (Lipinski definition) is 1. The number of rotatable bonds is 4. The standard InChI is InChI=1S/C21H25NO4S/c1-21(2,3)17-9-11-19(12-10-17)27(24,25)22-13-18(15-23)26-20(14-22)16-7-5-4-6-8-16/h4-12,14,18,23H,13,15H2,1-3H3/t18-/m1/s1. The molecule has 0 bridgehead atoms. The van der Waals surface area contributed by atoms with E-state index in [9.17, 15) is 13.5 Å². The van der Waals surface area contributed by atoms with Gasteiger partial charge in [0.05, 0.1) is 24.2 Å². The molecule has 1 aliphatic heterocycles. The van der Waals surface area contributed by atoms with Gasteiger partial charge in [0, 0.05) is 5.56 Å². The van der Waals surface area contributed by atoms with Crippen molar-refractivity contribution in [1.29, 1.82) is 0 Å². The van der Waals surface area contributed by atoms with E-state index < -0.39 is 16.1 Å². The van der Waals surface area contributed by atoms with Gasteiger partial charge in [-0.25, -0.2) is 8.42 Å². The number of sulfonamides is 1. The van der Waals surface area contributed by atoms with Crippen LogP contribution in [-0.4, -0.2) is 37.1 Å². The van der Waals surface area contributed by atoms with Crippen LogP contribution in [0.4, 0.5) is 0 Å². The summed E-state index contributed by atoms with van der Waals surface area (Å²) in [6, 6.07) is 16.2. The highest BCUT2D eigenvalue weighted by Crippen LogP contribution is 2.29. The lowest BCUT2D eigenvalue weighted by Gasteiger charge is -2.32. The van der Waals surface area contributed by atoms with Crippen LogP contribution in [-0.2, 0) is 20.2 Å². The van der Waals surface area contributed by atoms with Crippen LogP contribution in [0.1, 0.15) is 31.9 Å². The van der Waals surface area contributed by atoms with E-state index in [-0.39, 0.29) is 23.5 Å². The number of ether oxygens (including phenoxy) is 1. The molecular formula is C21H25NO4S. The molecule has 0 saturated heterocycles. The van der Waals surface area contributed by atoms with Crippen LogP contribution in [0.15, 0.2) is 65.7 Å². The summed E-state index contributed by atoms with van der Waals surface area (Å²) in [5.74, 6) is 0.427. The fourth-order valence-electron chi connectivity index (χ4n) is 2.90. The minimum Gasteiger partial charge on any atom is -0.484 e. The highest BCUT2D eigenvalue weighted by molar-refractivity contribution is 7.89. The van der Waals surface area contributed by atoms with Crippen molar-refractivity contribution in [2.45, 2.75) is 37.2 Å². The Morgan fingerprint density at radius 2 is 1.70 bits per heavy atom. The van der Waals surface area contributed by atoms with Crippen molar-refractivity contribution in [3.63, 3.8) is 0 Å². The van der Waals surface area contributed by atoms with E-state index in [0.717, 1.165) is 11.1 Å². The van der Waals surface area contributed by atoms with E-state index in [1.165, 1.54) is 10.5 Å². The van der Waals surface area contributed by atoms with Crippen LogP contribution < -0.4 is 0 Å². The molecule has 0 aromatic heterocycles. The topological polar surface area (TPSA) is 66.8 Å². The Hall–Kier alpha value is -2.31. The minimum atomic E-state index is -3.74. The maximum Gasteiger partial charge on any atom is 0.264 e. The van der Waals surface area contributed by atoms with Crippen molar-refractivity contribution in [3.8, 4) is 0 Å². The molecule has 0 saturated carbocycles. The molecule has 2 aromatic carbocycles. The van der Waals surface area contributed by atoms with Gasteiger partial charge >= 0.3 is 0 Å². The lowest BCUT2D eigenvalue weighted by Crippen LogP contribution is -2.40. The van der Waals surface area contributed by atoms with Crippen molar-refractivity contribution in [1.82, 2.24) is 4.31 Å². The summed E-state index contributed by atoms with van der Waals surface area (Å²) in [6.45, 7) is 6.05. The lowest BCUT2D eigenvalue weighted by atomic mass is 9.87. The molecule has 0 radical (unpaired) electrons. The van der Waals surface area contributed by atoms with Gasteiger partial charge in [0.25, 0.3) is 10.0 Å². The zero-order chi connectivity index (χ0) is 19.7. The fourth-order valence-corrected chi connectivity index (χ4v) is 4.25. The van der Waals surface area contributed by atoms with E-state index in [4.69, 9.17) is 4.74 Å². The SMILES string of the molecule is CC(C)(C)c1ccc(S(=O)(=O)N2C=C(c3ccccc3)O[C@@H](CO)C2)cc1. The molecule has 1 heterocycles. The van der Waals surface area contributed by atoms with Crippen molar-refractivity contribution in [2.75, 3.05) is 13.2 Å². The van der Waals surface area contributed by atoms with E-state index in [1.807, 2.05) is 42.5 Å². The molecule has 0 fully saturated rings. The van der Waals surface area contributed by atoms with Crippen LogP contribution >= 0.6 is 0 Å². The van der Waals surface area contributed by atoms with Gasteiger partial charge < -0.3 is 9.84 Å². The highest BCUT2D eigenvalue weighted by Gasteiger charge is 2.30. The molecule has 1 N–H and O–H groups in total. The second-order valence-corrected chi connectivity index (χ2v) is 9.52. The molecule has 6 heteroatoms. The Morgan fingerprint density at radius 3 is 2.26 bits per heavy atom. The van der Waals surface area contributed by atoms with E-state index in [0.29, 0.717) is 5.76 Å². The summed E-state index contributed by atoms with van der Waals surface area (Å²) in [5, 5.41) is 9.56. The first-order chi connectivity index (χ1) is 12.7. The summed E-state index contributed by atoms with van der Waals surface area (Å²) >= 11 is 0. The molecule has 27 heavy (non-hydrogen) atoms. The van der Waals surface area contributed by atoms with E-state index in [2.05, 4.69) is 20.8 Å². The first-order valence-electron chi connectivity index (χ1n) is 8.89. The maximum absolute atomic E-state index is 13.1. The Kier molecular flexibility index (Phi) is 5.31. The average Bonchev–Trinajstić information content (AvgIpc) is 2.67. The number of hydrogen-bond acceptors (Lipinski definition) is 4.